The van der Waals surface area contributed by atoms with Gasteiger partial charge in [0.25, 0.3) is 0 Å². The minimum Gasteiger partial charge on any atom is -0.309 e. The van der Waals surface area contributed by atoms with Gasteiger partial charge in [0, 0.05) is 27.8 Å². The molecule has 0 aliphatic heterocycles. The summed E-state index contributed by atoms with van der Waals surface area (Å²) in [5, 5.41) is 24.6. The highest BCUT2D eigenvalue weighted by molar-refractivity contribution is 6.09. The van der Waals surface area contributed by atoms with Crippen molar-refractivity contribution in [2.45, 2.75) is 39.0 Å². The monoisotopic (exact) mass is 618 g/mol. The van der Waals surface area contributed by atoms with Crippen molar-refractivity contribution >= 4 is 44.4 Å². The maximum atomic E-state index is 10.9. The molecule has 1 atom stereocenters. The van der Waals surface area contributed by atoms with Crippen molar-refractivity contribution in [1.82, 2.24) is 9.13 Å². The Morgan fingerprint density at radius 1 is 0.750 bits per heavy atom. The van der Waals surface area contributed by atoms with E-state index in [1.165, 1.54) is 21.7 Å². The Balaban J connectivity index is 1.36. The Hall–Kier alpha value is -6.10. The molecule has 230 valence electrons. The number of benzene rings is 5. The summed E-state index contributed by atoms with van der Waals surface area (Å²) in [5.41, 5.74) is 12.1. The summed E-state index contributed by atoms with van der Waals surface area (Å²) in [6, 6.07) is 42.9. The maximum Gasteiger partial charge on any atom is 0.102 e. The van der Waals surface area contributed by atoms with E-state index in [2.05, 4.69) is 150 Å². The minimum absolute atomic E-state index is 0.0733. The Labute approximate surface area is 280 Å². The van der Waals surface area contributed by atoms with Gasteiger partial charge in [-0.15, -0.1) is 0 Å². The lowest BCUT2D eigenvalue weighted by atomic mass is 9.81. The topological polar surface area (TPSA) is 57.4 Å². The predicted molar refractivity (Wildman–Crippen MR) is 198 cm³/mol. The highest BCUT2D eigenvalue weighted by atomic mass is 15.0. The number of para-hydroxylation sites is 3. The van der Waals surface area contributed by atoms with Crippen molar-refractivity contribution in [2.75, 3.05) is 0 Å². The average Bonchev–Trinajstić information content (AvgIpc) is 3.66. The van der Waals surface area contributed by atoms with Crippen molar-refractivity contribution < 1.29 is 0 Å². The summed E-state index contributed by atoms with van der Waals surface area (Å²) in [7, 11) is 0. The van der Waals surface area contributed by atoms with E-state index in [1.807, 2.05) is 12.1 Å². The first-order valence-electron chi connectivity index (χ1n) is 16.7. The first-order valence-corrected chi connectivity index (χ1v) is 16.7. The standard InChI is InChI=1S/C44H34N4/c1-3-30(32-18-13-23-43(38(32)28-46)47-39-19-9-5-14-33(39)34-15-6-10-20-40(34)47)31(4-2)37-26-29(27-45)24-25-44(37)48-41-21-11-7-16-35(41)36-17-8-12-22-42(36)48/h3,5,7-14,16-26,31H,4,6,15H2,1-2H3/b30-3+. The molecule has 4 heteroatoms. The third-order valence-electron chi connectivity index (χ3n) is 10.0. The van der Waals surface area contributed by atoms with Crippen molar-refractivity contribution in [3.63, 3.8) is 0 Å². The van der Waals surface area contributed by atoms with Crippen LogP contribution in [-0.4, -0.2) is 9.13 Å². The molecule has 0 saturated carbocycles. The molecule has 4 nitrogen and oxygen atoms in total. The zero-order chi connectivity index (χ0) is 32.8. The molecule has 0 saturated heterocycles. The van der Waals surface area contributed by atoms with Crippen LogP contribution in [0.3, 0.4) is 0 Å². The molecule has 5 aromatic carbocycles. The molecule has 2 aromatic heterocycles. The number of aryl methyl sites for hydroxylation is 1. The fraction of sp³-hybridized carbons (Fsp3) is 0.136. The quantitative estimate of drug-likeness (QED) is 0.186. The second kappa shape index (κ2) is 11.9. The molecule has 0 radical (unpaired) electrons. The van der Waals surface area contributed by atoms with Crippen LogP contribution in [0.2, 0.25) is 0 Å². The first-order chi connectivity index (χ1) is 23.7. The van der Waals surface area contributed by atoms with Crippen molar-refractivity contribution in [3.8, 4) is 23.5 Å². The molecule has 2 heterocycles. The second-order valence-electron chi connectivity index (χ2n) is 12.4. The molecule has 0 amide bonds. The Bertz CT molecular complexity index is 2490. The molecule has 48 heavy (non-hydrogen) atoms. The third kappa shape index (κ3) is 4.42. The number of rotatable bonds is 6. The van der Waals surface area contributed by atoms with E-state index in [1.54, 1.807) is 0 Å². The zero-order valence-electron chi connectivity index (χ0n) is 27.1. The summed E-state index contributed by atoms with van der Waals surface area (Å²) in [4.78, 5) is 0. The van der Waals surface area contributed by atoms with E-state index in [0.29, 0.717) is 11.1 Å². The summed E-state index contributed by atoms with van der Waals surface area (Å²) < 4.78 is 4.61. The van der Waals surface area contributed by atoms with Gasteiger partial charge in [-0.2, -0.15) is 10.5 Å². The van der Waals surface area contributed by atoms with Crippen LogP contribution in [0.1, 0.15) is 66.1 Å². The lowest BCUT2D eigenvalue weighted by Crippen LogP contribution is -2.10. The Kier molecular flexibility index (Phi) is 7.28. The van der Waals surface area contributed by atoms with Gasteiger partial charge in [0.05, 0.1) is 45.1 Å². The van der Waals surface area contributed by atoms with Crippen LogP contribution in [0.25, 0.3) is 55.7 Å². The highest BCUT2D eigenvalue weighted by Crippen LogP contribution is 2.43. The van der Waals surface area contributed by atoms with Gasteiger partial charge in [-0.05, 0) is 97.0 Å². The number of aromatic nitrogens is 2. The van der Waals surface area contributed by atoms with Gasteiger partial charge in [0.1, 0.15) is 6.07 Å². The van der Waals surface area contributed by atoms with E-state index in [0.717, 1.165) is 69.6 Å². The average molecular weight is 619 g/mol. The number of hydrogen-bond acceptors (Lipinski definition) is 2. The van der Waals surface area contributed by atoms with Crippen molar-refractivity contribution in [3.05, 3.63) is 155 Å². The normalized spacial score (nSPS) is 13.5. The van der Waals surface area contributed by atoms with Crippen LogP contribution >= 0.6 is 0 Å². The second-order valence-corrected chi connectivity index (χ2v) is 12.4. The van der Waals surface area contributed by atoms with E-state index < -0.39 is 0 Å². The largest absolute Gasteiger partial charge is 0.309 e. The lowest BCUT2D eigenvalue weighted by Gasteiger charge is -2.25. The van der Waals surface area contributed by atoms with Gasteiger partial charge in [-0.3, -0.25) is 0 Å². The Morgan fingerprint density at radius 2 is 1.42 bits per heavy atom. The smallest absolute Gasteiger partial charge is 0.102 e. The summed E-state index contributed by atoms with van der Waals surface area (Å²) in [5.74, 6) is -0.0733. The van der Waals surface area contributed by atoms with Gasteiger partial charge in [-0.25, -0.2) is 0 Å². The van der Waals surface area contributed by atoms with Gasteiger partial charge in [-0.1, -0.05) is 85.8 Å². The fourth-order valence-electron chi connectivity index (χ4n) is 7.97. The molecular formula is C44H34N4. The number of hydrogen-bond donors (Lipinski definition) is 0. The fourth-order valence-corrected chi connectivity index (χ4v) is 7.97. The molecule has 0 bridgehead atoms. The van der Waals surface area contributed by atoms with Gasteiger partial charge in [0.2, 0.25) is 0 Å². The number of nitrogens with zero attached hydrogens (tertiary/aromatic N) is 4. The summed E-state index contributed by atoms with van der Waals surface area (Å²) >= 11 is 0. The zero-order valence-corrected chi connectivity index (χ0v) is 27.1. The molecule has 8 rings (SSSR count). The van der Waals surface area contributed by atoms with E-state index in [-0.39, 0.29) is 5.92 Å². The molecule has 0 fully saturated rings. The Morgan fingerprint density at radius 3 is 2.06 bits per heavy atom. The van der Waals surface area contributed by atoms with E-state index in [9.17, 15) is 10.5 Å². The molecule has 0 N–H and O–H groups in total. The number of fused-ring (bicyclic) bond motifs is 6. The summed E-state index contributed by atoms with van der Waals surface area (Å²) in [6.07, 6.45) is 9.40. The SMILES string of the molecule is C/C=C(/c1cccc(-n2c3c(c4ccccc42)CCC=C3)c1C#N)C(CC)c1cc(C#N)ccc1-n1c2ccccc2c2ccccc21. The molecule has 1 aliphatic carbocycles. The van der Waals surface area contributed by atoms with Crippen LogP contribution in [0, 0.1) is 22.7 Å². The first kappa shape index (κ1) is 29.3. The number of nitriles is 2. The maximum absolute atomic E-state index is 10.9. The van der Waals surface area contributed by atoms with Crippen LogP contribution in [-0.2, 0) is 6.42 Å². The van der Waals surface area contributed by atoms with Gasteiger partial charge < -0.3 is 9.13 Å². The third-order valence-corrected chi connectivity index (χ3v) is 10.0. The molecule has 0 spiro atoms. The van der Waals surface area contributed by atoms with Crippen LogP contribution in [0.5, 0.6) is 0 Å². The number of allylic oxidation sites excluding steroid dienone is 3. The van der Waals surface area contributed by atoms with Crippen molar-refractivity contribution in [2.24, 2.45) is 0 Å². The molecule has 1 aliphatic rings. The van der Waals surface area contributed by atoms with Crippen LogP contribution < -0.4 is 0 Å². The molecular weight excluding hydrogens is 585 g/mol. The highest BCUT2D eigenvalue weighted by Gasteiger charge is 2.27. The summed E-state index contributed by atoms with van der Waals surface area (Å²) in [6.45, 7) is 4.26. The van der Waals surface area contributed by atoms with E-state index in [4.69, 9.17) is 0 Å². The van der Waals surface area contributed by atoms with Gasteiger partial charge in [0.15, 0.2) is 0 Å². The predicted octanol–water partition coefficient (Wildman–Crippen LogP) is 11.0. The minimum atomic E-state index is -0.0733. The molecule has 1 unspecified atom stereocenters. The van der Waals surface area contributed by atoms with Crippen LogP contribution in [0.4, 0.5) is 0 Å². The van der Waals surface area contributed by atoms with Crippen LogP contribution in [0.15, 0.2) is 121 Å². The van der Waals surface area contributed by atoms with E-state index >= 15 is 0 Å². The van der Waals surface area contributed by atoms with Crippen molar-refractivity contribution in [1.29, 1.82) is 10.5 Å². The van der Waals surface area contributed by atoms with Gasteiger partial charge >= 0.3 is 0 Å². The lowest BCUT2D eigenvalue weighted by molar-refractivity contribution is 0.813. The molecule has 7 aromatic rings.